The van der Waals surface area contributed by atoms with Crippen LogP contribution in [0.5, 0.6) is 11.6 Å². The first-order chi connectivity index (χ1) is 14.9. The Morgan fingerprint density at radius 3 is 2.77 bits per heavy atom. The molecule has 31 heavy (non-hydrogen) atoms. The Kier molecular flexibility index (Phi) is 5.89. The van der Waals surface area contributed by atoms with Crippen molar-refractivity contribution in [3.8, 4) is 22.8 Å². The molecule has 0 fully saturated rings. The van der Waals surface area contributed by atoms with Gasteiger partial charge in [-0.25, -0.2) is 9.37 Å². The van der Waals surface area contributed by atoms with E-state index in [-0.39, 0.29) is 11.9 Å². The third kappa shape index (κ3) is 4.53. The summed E-state index contributed by atoms with van der Waals surface area (Å²) in [6.45, 7) is 1.68. The molecule has 2 unspecified atom stereocenters. The lowest BCUT2D eigenvalue weighted by molar-refractivity contribution is -0.141. The molecule has 0 amide bonds. The molecule has 5 nitrogen and oxygen atoms in total. The van der Waals surface area contributed by atoms with Crippen molar-refractivity contribution >= 4 is 5.97 Å². The van der Waals surface area contributed by atoms with Gasteiger partial charge in [-0.2, -0.15) is 0 Å². The molecule has 0 aliphatic carbocycles. The first-order valence-electron chi connectivity index (χ1n) is 10.3. The van der Waals surface area contributed by atoms with Crippen LogP contribution < -0.4 is 9.47 Å². The second-order valence-electron chi connectivity index (χ2n) is 7.85. The van der Waals surface area contributed by atoms with Crippen LogP contribution in [0.2, 0.25) is 0 Å². The Labute approximate surface area is 180 Å². The Hall–Kier alpha value is -3.41. The van der Waals surface area contributed by atoms with Crippen molar-refractivity contribution in [2.75, 3.05) is 7.11 Å². The zero-order valence-corrected chi connectivity index (χ0v) is 17.5. The second kappa shape index (κ2) is 8.76. The largest absolute Gasteiger partial charge is 0.485 e. The van der Waals surface area contributed by atoms with Gasteiger partial charge in [-0.05, 0) is 59.7 Å². The van der Waals surface area contributed by atoms with Gasteiger partial charge in [-0.3, -0.25) is 4.79 Å². The highest BCUT2D eigenvalue weighted by Crippen LogP contribution is 2.37. The van der Waals surface area contributed by atoms with Gasteiger partial charge >= 0.3 is 5.97 Å². The van der Waals surface area contributed by atoms with Crippen LogP contribution in [0.1, 0.15) is 36.1 Å². The van der Waals surface area contributed by atoms with Gasteiger partial charge in [0.25, 0.3) is 0 Å². The molecule has 2 atom stereocenters. The topological polar surface area (TPSA) is 68.7 Å². The summed E-state index contributed by atoms with van der Waals surface area (Å²) in [4.78, 5) is 15.2. The number of carboxylic acids is 1. The molecule has 2 heterocycles. The van der Waals surface area contributed by atoms with E-state index < -0.39 is 11.9 Å². The number of pyridine rings is 1. The van der Waals surface area contributed by atoms with Crippen LogP contribution >= 0.6 is 0 Å². The third-order valence-corrected chi connectivity index (χ3v) is 5.66. The Morgan fingerprint density at radius 1 is 1.23 bits per heavy atom. The van der Waals surface area contributed by atoms with Crippen molar-refractivity contribution in [2.24, 2.45) is 5.92 Å². The number of benzene rings is 2. The van der Waals surface area contributed by atoms with Crippen LogP contribution in [0.15, 0.2) is 54.7 Å². The lowest BCUT2D eigenvalue weighted by Crippen LogP contribution is -2.17. The van der Waals surface area contributed by atoms with Gasteiger partial charge < -0.3 is 14.6 Å². The summed E-state index contributed by atoms with van der Waals surface area (Å²) in [6, 6.07) is 14.5. The Balaban J connectivity index is 1.55. The standard InChI is InChI=1S/C25H24FNO4/c1-15(25(28)29)11-16-3-4-17-6-8-22(31-23(17)12-16)20-7-5-18(13-21(20)26)19-9-10-27-24(14-19)30-2/h3-5,7,9-10,12-15,22H,6,8,11H2,1-2H3,(H,28,29). The summed E-state index contributed by atoms with van der Waals surface area (Å²) >= 11 is 0. The summed E-state index contributed by atoms with van der Waals surface area (Å²) in [7, 11) is 1.54. The normalized spacial score (nSPS) is 16.2. The maximum absolute atomic E-state index is 15.0. The quantitative estimate of drug-likeness (QED) is 0.591. The third-order valence-electron chi connectivity index (χ3n) is 5.66. The predicted octanol–water partition coefficient (Wildman–Crippen LogP) is 5.23. The van der Waals surface area contributed by atoms with E-state index >= 15 is 4.39 Å². The van der Waals surface area contributed by atoms with Gasteiger partial charge in [-0.15, -0.1) is 0 Å². The van der Waals surface area contributed by atoms with Crippen LogP contribution in [0.25, 0.3) is 11.1 Å². The van der Waals surface area contributed by atoms with Gasteiger partial charge in [0.2, 0.25) is 5.88 Å². The summed E-state index contributed by atoms with van der Waals surface area (Å²) < 4.78 is 26.3. The number of carboxylic acid groups (broad SMARTS) is 1. The maximum atomic E-state index is 15.0. The second-order valence-corrected chi connectivity index (χ2v) is 7.85. The van der Waals surface area contributed by atoms with E-state index in [1.807, 2.05) is 30.3 Å². The SMILES string of the molecule is COc1cc(-c2ccc(C3CCc4ccc(CC(C)C(=O)O)cc4O3)c(F)c2)ccn1. The first kappa shape index (κ1) is 20.8. The van der Waals surface area contributed by atoms with Crippen LogP contribution in [0.4, 0.5) is 4.39 Å². The number of aryl methyl sites for hydroxylation is 1. The zero-order valence-electron chi connectivity index (χ0n) is 17.5. The smallest absolute Gasteiger partial charge is 0.306 e. The molecule has 0 saturated heterocycles. The van der Waals surface area contributed by atoms with Crippen LogP contribution in [0, 0.1) is 11.7 Å². The molecule has 2 aromatic carbocycles. The minimum atomic E-state index is -0.828. The Bertz CT molecular complexity index is 1110. The molecule has 3 aromatic rings. The fraction of sp³-hybridized carbons (Fsp3) is 0.280. The van der Waals surface area contributed by atoms with Crippen molar-refractivity contribution in [2.45, 2.75) is 32.3 Å². The number of methoxy groups -OCH3 is 1. The van der Waals surface area contributed by atoms with Crippen LogP contribution in [-0.4, -0.2) is 23.2 Å². The van der Waals surface area contributed by atoms with Crippen molar-refractivity contribution < 1.29 is 23.8 Å². The van der Waals surface area contributed by atoms with E-state index in [2.05, 4.69) is 4.98 Å². The van der Waals surface area contributed by atoms with E-state index in [9.17, 15) is 4.79 Å². The van der Waals surface area contributed by atoms with Gasteiger partial charge in [0, 0.05) is 17.8 Å². The highest BCUT2D eigenvalue weighted by Gasteiger charge is 2.25. The number of rotatable bonds is 6. The van der Waals surface area contributed by atoms with Crippen LogP contribution in [0.3, 0.4) is 0 Å². The molecule has 6 heteroatoms. The molecular weight excluding hydrogens is 397 g/mol. The molecule has 160 valence electrons. The number of carbonyl (C=O) groups is 1. The monoisotopic (exact) mass is 421 g/mol. The lowest BCUT2D eigenvalue weighted by Gasteiger charge is -2.27. The van der Waals surface area contributed by atoms with E-state index in [0.717, 1.165) is 28.7 Å². The molecule has 0 bridgehead atoms. The molecule has 4 rings (SSSR count). The number of hydrogen-bond acceptors (Lipinski definition) is 4. The van der Waals surface area contributed by atoms with Crippen LogP contribution in [-0.2, 0) is 17.6 Å². The molecule has 0 radical (unpaired) electrons. The zero-order chi connectivity index (χ0) is 22.0. The number of aromatic nitrogens is 1. The molecule has 1 N–H and O–H groups in total. The Morgan fingerprint density at radius 2 is 2.03 bits per heavy atom. The highest BCUT2D eigenvalue weighted by atomic mass is 19.1. The minimum absolute atomic E-state index is 0.322. The summed E-state index contributed by atoms with van der Waals surface area (Å²) in [5.41, 5.74) is 4.04. The predicted molar refractivity (Wildman–Crippen MR) is 115 cm³/mol. The number of hydrogen-bond donors (Lipinski definition) is 1. The lowest BCUT2D eigenvalue weighted by atomic mass is 9.93. The van der Waals surface area contributed by atoms with Gasteiger partial charge in [0.05, 0.1) is 13.0 Å². The number of ether oxygens (including phenoxy) is 2. The van der Waals surface area contributed by atoms with E-state index in [1.54, 1.807) is 32.4 Å². The van der Waals surface area contributed by atoms with Gasteiger partial charge in [0.1, 0.15) is 17.7 Å². The van der Waals surface area contributed by atoms with Crippen molar-refractivity contribution in [1.29, 1.82) is 0 Å². The molecule has 1 aromatic heterocycles. The average molecular weight is 421 g/mol. The summed E-state index contributed by atoms with van der Waals surface area (Å²) in [5.74, 6) is -0.451. The number of fused-ring (bicyclic) bond motifs is 1. The highest BCUT2D eigenvalue weighted by molar-refractivity contribution is 5.70. The van der Waals surface area contributed by atoms with E-state index in [0.29, 0.717) is 30.0 Å². The average Bonchev–Trinajstić information content (AvgIpc) is 2.78. The van der Waals surface area contributed by atoms with E-state index in [4.69, 9.17) is 14.6 Å². The number of halogens is 1. The van der Waals surface area contributed by atoms with Gasteiger partial charge in [-0.1, -0.05) is 31.2 Å². The fourth-order valence-corrected chi connectivity index (χ4v) is 3.87. The maximum Gasteiger partial charge on any atom is 0.306 e. The molecule has 0 spiro atoms. The molecule has 1 aliphatic rings. The van der Waals surface area contributed by atoms with Crippen molar-refractivity contribution in [3.63, 3.8) is 0 Å². The minimum Gasteiger partial charge on any atom is -0.485 e. The summed E-state index contributed by atoms with van der Waals surface area (Å²) in [6.07, 6.45) is 3.12. The number of aliphatic carboxylic acids is 1. The molecule has 1 aliphatic heterocycles. The van der Waals surface area contributed by atoms with Crippen molar-refractivity contribution in [3.05, 3.63) is 77.2 Å². The van der Waals surface area contributed by atoms with Gasteiger partial charge in [0.15, 0.2) is 0 Å². The molecular formula is C25H24FNO4. The fourth-order valence-electron chi connectivity index (χ4n) is 3.87. The summed E-state index contributed by atoms with van der Waals surface area (Å²) in [5, 5.41) is 9.15. The van der Waals surface area contributed by atoms with E-state index in [1.165, 1.54) is 6.07 Å². The number of nitrogens with zero attached hydrogens (tertiary/aromatic N) is 1. The van der Waals surface area contributed by atoms with Crippen molar-refractivity contribution in [1.82, 2.24) is 4.98 Å². The molecule has 0 saturated carbocycles. The first-order valence-corrected chi connectivity index (χ1v) is 10.3.